The summed E-state index contributed by atoms with van der Waals surface area (Å²) < 4.78 is 28.1. The lowest BCUT2D eigenvalue weighted by molar-refractivity contribution is 0.0341. The van der Waals surface area contributed by atoms with E-state index in [1.54, 1.807) is 12.1 Å². The minimum absolute atomic E-state index is 0.0415. The van der Waals surface area contributed by atoms with Gasteiger partial charge in [-0.1, -0.05) is 36.4 Å². The molecule has 0 spiro atoms. The highest BCUT2D eigenvalue weighted by atomic mass is 32.2. The van der Waals surface area contributed by atoms with E-state index in [1.807, 2.05) is 25.1 Å². The Kier molecular flexibility index (Phi) is 7.43. The number of benzene rings is 2. The zero-order chi connectivity index (χ0) is 21.6. The quantitative estimate of drug-likeness (QED) is 0.617. The molecule has 0 radical (unpaired) electrons. The molecule has 2 aromatic carbocycles. The minimum atomic E-state index is -3.73. The molecule has 1 saturated heterocycles. The number of hydrogen-bond acceptors (Lipinski definition) is 5. The number of rotatable bonds is 7. The van der Waals surface area contributed by atoms with Gasteiger partial charge < -0.3 is 15.4 Å². The molecule has 1 atom stereocenters. The van der Waals surface area contributed by atoms with E-state index in [1.165, 1.54) is 17.7 Å². The first kappa shape index (κ1) is 22.2. The molecule has 4 N–H and O–H groups in total. The molecule has 0 bridgehead atoms. The zero-order valence-electron chi connectivity index (χ0n) is 17.0. The molecule has 0 unspecified atom stereocenters. The van der Waals surface area contributed by atoms with E-state index in [-0.39, 0.29) is 17.0 Å². The highest BCUT2D eigenvalue weighted by molar-refractivity contribution is 7.89. The van der Waals surface area contributed by atoms with Gasteiger partial charge in [0.05, 0.1) is 24.2 Å². The number of carbonyl (C=O) groups excluding carboxylic acids is 1. The molecule has 2 amide bonds. The van der Waals surface area contributed by atoms with Crippen LogP contribution in [-0.4, -0.2) is 45.7 Å². The Morgan fingerprint density at radius 3 is 2.37 bits per heavy atom. The molecule has 0 aromatic heterocycles. The Bertz CT molecular complexity index is 957. The van der Waals surface area contributed by atoms with Crippen LogP contribution in [0, 0.1) is 0 Å². The van der Waals surface area contributed by atoms with Gasteiger partial charge in [0.15, 0.2) is 0 Å². The molecule has 1 aliphatic heterocycles. The van der Waals surface area contributed by atoms with Crippen LogP contribution < -0.4 is 15.8 Å². The maximum atomic E-state index is 12.4. The number of amides is 2. The van der Waals surface area contributed by atoms with Crippen molar-refractivity contribution in [3.8, 4) is 0 Å². The summed E-state index contributed by atoms with van der Waals surface area (Å²) in [6.45, 7) is 6.39. The molecule has 1 fully saturated rings. The van der Waals surface area contributed by atoms with Crippen molar-refractivity contribution >= 4 is 16.1 Å². The topological polar surface area (TPSA) is 114 Å². The third-order valence-electron chi connectivity index (χ3n) is 5.11. The maximum Gasteiger partial charge on any atom is 0.315 e. The van der Waals surface area contributed by atoms with Crippen molar-refractivity contribution in [2.24, 2.45) is 5.14 Å². The second-order valence-electron chi connectivity index (χ2n) is 7.32. The van der Waals surface area contributed by atoms with Crippen LogP contribution in [0.5, 0.6) is 0 Å². The van der Waals surface area contributed by atoms with Crippen molar-refractivity contribution in [3.05, 3.63) is 65.2 Å². The fourth-order valence-corrected chi connectivity index (χ4v) is 3.85. The molecule has 8 nitrogen and oxygen atoms in total. The van der Waals surface area contributed by atoms with E-state index in [0.717, 1.165) is 44.0 Å². The van der Waals surface area contributed by atoms with Gasteiger partial charge in [-0.05, 0) is 35.7 Å². The summed E-state index contributed by atoms with van der Waals surface area (Å²) in [6, 6.07) is 13.6. The molecular formula is C21H28N4O4S. The third kappa shape index (κ3) is 6.27. The maximum absolute atomic E-state index is 12.4. The van der Waals surface area contributed by atoms with Gasteiger partial charge in [0.2, 0.25) is 10.0 Å². The Labute approximate surface area is 177 Å². The summed E-state index contributed by atoms with van der Waals surface area (Å²) in [7, 11) is -3.73. The van der Waals surface area contributed by atoms with Crippen LogP contribution in [0.15, 0.2) is 53.4 Å². The van der Waals surface area contributed by atoms with E-state index >= 15 is 0 Å². The standard InChI is InChI=1S/C21H28N4O4S/c1-16(17-6-8-20(9-7-17)30(22,27)28)24-21(26)23-14-18-4-2-3-5-19(18)15-25-10-12-29-13-11-25/h2-9,16H,10-15H2,1H3,(H2,22,27,28)(H2,23,24,26)/t16-/m0/s1. The smallest absolute Gasteiger partial charge is 0.315 e. The highest BCUT2D eigenvalue weighted by Crippen LogP contribution is 2.16. The van der Waals surface area contributed by atoms with Gasteiger partial charge >= 0.3 is 6.03 Å². The monoisotopic (exact) mass is 432 g/mol. The summed E-state index contributed by atoms with van der Waals surface area (Å²) in [6.07, 6.45) is 0. The van der Waals surface area contributed by atoms with Gasteiger partial charge in [0.25, 0.3) is 0 Å². The van der Waals surface area contributed by atoms with Gasteiger partial charge in [-0.3, -0.25) is 4.90 Å². The fourth-order valence-electron chi connectivity index (χ4n) is 3.34. The average Bonchev–Trinajstić information content (AvgIpc) is 2.73. The van der Waals surface area contributed by atoms with Crippen LogP contribution in [-0.2, 0) is 27.8 Å². The van der Waals surface area contributed by atoms with E-state index in [9.17, 15) is 13.2 Å². The largest absolute Gasteiger partial charge is 0.379 e. The number of sulfonamides is 1. The van der Waals surface area contributed by atoms with Crippen LogP contribution in [0.3, 0.4) is 0 Å². The highest BCUT2D eigenvalue weighted by Gasteiger charge is 2.14. The van der Waals surface area contributed by atoms with Gasteiger partial charge in [0, 0.05) is 26.2 Å². The molecule has 0 saturated carbocycles. The predicted octanol–water partition coefficient (Wildman–Crippen LogP) is 1.73. The number of primary sulfonamides is 1. The first-order valence-corrected chi connectivity index (χ1v) is 11.4. The number of nitrogens with zero attached hydrogens (tertiary/aromatic N) is 1. The van der Waals surface area contributed by atoms with Crippen molar-refractivity contribution in [2.45, 2.75) is 31.0 Å². The van der Waals surface area contributed by atoms with E-state index in [4.69, 9.17) is 9.88 Å². The first-order chi connectivity index (χ1) is 14.3. The van der Waals surface area contributed by atoms with Crippen molar-refractivity contribution in [2.75, 3.05) is 26.3 Å². The second-order valence-corrected chi connectivity index (χ2v) is 8.88. The van der Waals surface area contributed by atoms with Crippen molar-refractivity contribution in [1.29, 1.82) is 0 Å². The Morgan fingerprint density at radius 1 is 1.10 bits per heavy atom. The zero-order valence-corrected chi connectivity index (χ0v) is 17.8. The van der Waals surface area contributed by atoms with Crippen molar-refractivity contribution in [1.82, 2.24) is 15.5 Å². The molecule has 1 heterocycles. The van der Waals surface area contributed by atoms with Crippen LogP contribution in [0.4, 0.5) is 4.79 Å². The average molecular weight is 433 g/mol. The molecule has 162 valence electrons. The van der Waals surface area contributed by atoms with Crippen LogP contribution in [0.2, 0.25) is 0 Å². The molecule has 0 aliphatic carbocycles. The lowest BCUT2D eigenvalue weighted by Crippen LogP contribution is -2.37. The molecule has 30 heavy (non-hydrogen) atoms. The normalized spacial score (nSPS) is 16.1. The number of carbonyl (C=O) groups is 1. The van der Waals surface area contributed by atoms with Crippen molar-refractivity contribution in [3.63, 3.8) is 0 Å². The summed E-state index contributed by atoms with van der Waals surface area (Å²) in [5.41, 5.74) is 3.04. The van der Waals surface area contributed by atoms with Crippen LogP contribution in [0.1, 0.15) is 29.7 Å². The number of morpholine rings is 1. The van der Waals surface area contributed by atoms with Gasteiger partial charge in [0.1, 0.15) is 0 Å². The lowest BCUT2D eigenvalue weighted by atomic mass is 10.1. The number of nitrogens with one attached hydrogen (secondary N) is 2. The fraction of sp³-hybridized carbons (Fsp3) is 0.381. The van der Waals surface area contributed by atoms with Crippen LogP contribution in [0.25, 0.3) is 0 Å². The van der Waals surface area contributed by atoms with E-state index in [2.05, 4.69) is 21.6 Å². The lowest BCUT2D eigenvalue weighted by Gasteiger charge is -2.27. The van der Waals surface area contributed by atoms with E-state index < -0.39 is 10.0 Å². The summed E-state index contributed by atoms with van der Waals surface area (Å²) in [5.74, 6) is 0. The number of nitrogens with two attached hydrogens (primary N) is 1. The van der Waals surface area contributed by atoms with Gasteiger partial charge in [-0.25, -0.2) is 18.4 Å². The minimum Gasteiger partial charge on any atom is -0.379 e. The summed E-state index contributed by atoms with van der Waals surface area (Å²) >= 11 is 0. The molecule has 3 rings (SSSR count). The van der Waals surface area contributed by atoms with E-state index in [0.29, 0.717) is 6.54 Å². The SMILES string of the molecule is C[C@H](NC(=O)NCc1ccccc1CN1CCOCC1)c1ccc(S(N)(=O)=O)cc1. The predicted molar refractivity (Wildman–Crippen MR) is 114 cm³/mol. The number of ether oxygens (including phenoxy) is 1. The Balaban J connectivity index is 1.54. The summed E-state index contributed by atoms with van der Waals surface area (Å²) in [4.78, 5) is 14.7. The number of urea groups is 1. The van der Waals surface area contributed by atoms with Crippen LogP contribution >= 0.6 is 0 Å². The molecule has 9 heteroatoms. The first-order valence-electron chi connectivity index (χ1n) is 9.87. The molecule has 1 aliphatic rings. The Hall–Kier alpha value is -2.46. The Morgan fingerprint density at radius 2 is 1.73 bits per heavy atom. The summed E-state index contributed by atoms with van der Waals surface area (Å²) in [5, 5.41) is 10.9. The molecule has 2 aromatic rings. The van der Waals surface area contributed by atoms with Crippen molar-refractivity contribution < 1.29 is 17.9 Å². The third-order valence-corrected chi connectivity index (χ3v) is 6.04. The number of hydrogen-bond donors (Lipinski definition) is 3. The second kappa shape index (κ2) is 10.0. The molecular weight excluding hydrogens is 404 g/mol. The van der Waals surface area contributed by atoms with Gasteiger partial charge in [-0.2, -0.15) is 0 Å². The van der Waals surface area contributed by atoms with Gasteiger partial charge in [-0.15, -0.1) is 0 Å².